The summed E-state index contributed by atoms with van der Waals surface area (Å²) in [4.78, 5) is 3.99. The molecule has 90 valence electrons. The maximum absolute atomic E-state index is 6.24. The fraction of sp³-hybridized carbons (Fsp3) is 0.333. The number of ether oxygens (including phenoxy) is 1. The van der Waals surface area contributed by atoms with Gasteiger partial charge in [0.2, 0.25) is 0 Å². The van der Waals surface area contributed by atoms with Gasteiger partial charge in [0.1, 0.15) is 5.69 Å². The molecular formula is C12H16N4O. The lowest BCUT2D eigenvalue weighted by Crippen LogP contribution is -2.18. The maximum atomic E-state index is 6.24. The number of methoxy groups -OCH3 is 1. The summed E-state index contributed by atoms with van der Waals surface area (Å²) in [5.74, 6) is 0.719. The average Bonchev–Trinajstić information content (AvgIpc) is 2.81. The first-order valence-electron chi connectivity index (χ1n) is 5.53. The van der Waals surface area contributed by atoms with E-state index in [2.05, 4.69) is 10.1 Å². The van der Waals surface area contributed by atoms with Crippen LogP contribution >= 0.6 is 0 Å². The van der Waals surface area contributed by atoms with Gasteiger partial charge in [0.25, 0.3) is 0 Å². The molecule has 2 rings (SSSR count). The Morgan fingerprint density at radius 3 is 2.71 bits per heavy atom. The van der Waals surface area contributed by atoms with Crippen molar-refractivity contribution in [2.45, 2.75) is 19.5 Å². The number of hydrogen-bond acceptors (Lipinski definition) is 4. The molecule has 2 N–H and O–H groups in total. The van der Waals surface area contributed by atoms with Crippen molar-refractivity contribution in [1.82, 2.24) is 14.8 Å². The summed E-state index contributed by atoms with van der Waals surface area (Å²) in [5.41, 5.74) is 8.13. The predicted molar refractivity (Wildman–Crippen MR) is 64.7 cm³/mol. The molecule has 0 aromatic carbocycles. The van der Waals surface area contributed by atoms with Crippen LogP contribution in [0.5, 0.6) is 5.75 Å². The molecule has 5 heteroatoms. The normalized spacial score (nSPS) is 12.4. The van der Waals surface area contributed by atoms with Gasteiger partial charge in [-0.15, -0.1) is 0 Å². The number of aryl methyl sites for hydroxylation is 1. The molecule has 0 saturated heterocycles. The molecule has 0 amide bonds. The van der Waals surface area contributed by atoms with Crippen LogP contribution in [0.25, 0.3) is 0 Å². The summed E-state index contributed by atoms with van der Waals surface area (Å²) >= 11 is 0. The molecule has 0 spiro atoms. The van der Waals surface area contributed by atoms with Crippen molar-refractivity contribution < 1.29 is 4.74 Å². The number of hydrogen-bond donors (Lipinski definition) is 1. The molecule has 0 fully saturated rings. The summed E-state index contributed by atoms with van der Waals surface area (Å²) < 4.78 is 7.14. The second-order valence-corrected chi connectivity index (χ2v) is 3.67. The first-order chi connectivity index (χ1) is 8.27. The Labute approximate surface area is 100 Å². The number of nitrogens with two attached hydrogens (primary N) is 1. The van der Waals surface area contributed by atoms with E-state index in [1.165, 1.54) is 0 Å². The van der Waals surface area contributed by atoms with Crippen molar-refractivity contribution in [3.05, 3.63) is 42.0 Å². The van der Waals surface area contributed by atoms with E-state index in [0.29, 0.717) is 0 Å². The molecule has 0 bridgehead atoms. The minimum atomic E-state index is -0.254. The third kappa shape index (κ3) is 2.14. The first kappa shape index (κ1) is 11.6. The van der Waals surface area contributed by atoms with E-state index >= 15 is 0 Å². The van der Waals surface area contributed by atoms with Crippen LogP contribution in [0.15, 0.2) is 30.7 Å². The Morgan fingerprint density at radius 2 is 2.12 bits per heavy atom. The van der Waals surface area contributed by atoms with Crippen LogP contribution in [-0.4, -0.2) is 21.9 Å². The average molecular weight is 232 g/mol. The molecular weight excluding hydrogens is 216 g/mol. The molecule has 0 aliphatic heterocycles. The molecule has 1 atom stereocenters. The van der Waals surface area contributed by atoms with Gasteiger partial charge < -0.3 is 10.5 Å². The third-order valence-electron chi connectivity index (χ3n) is 2.72. The third-order valence-corrected chi connectivity index (χ3v) is 2.72. The molecule has 2 heterocycles. The van der Waals surface area contributed by atoms with Gasteiger partial charge in [-0.2, -0.15) is 5.10 Å². The highest BCUT2D eigenvalue weighted by Gasteiger charge is 2.19. The van der Waals surface area contributed by atoms with Crippen LogP contribution in [0.3, 0.4) is 0 Å². The summed E-state index contributed by atoms with van der Waals surface area (Å²) in [6.45, 7) is 2.78. The summed E-state index contributed by atoms with van der Waals surface area (Å²) in [7, 11) is 1.62. The molecule has 2 aromatic rings. The van der Waals surface area contributed by atoms with E-state index < -0.39 is 0 Å². The van der Waals surface area contributed by atoms with Crippen molar-refractivity contribution in [2.75, 3.05) is 7.11 Å². The SMILES string of the molecule is CCn1ncc(OC)c1C(N)c1ccncc1. The van der Waals surface area contributed by atoms with Crippen LogP contribution in [0, 0.1) is 0 Å². The minimum absolute atomic E-state index is 0.254. The van der Waals surface area contributed by atoms with Gasteiger partial charge >= 0.3 is 0 Å². The molecule has 5 nitrogen and oxygen atoms in total. The van der Waals surface area contributed by atoms with E-state index in [-0.39, 0.29) is 6.04 Å². The van der Waals surface area contributed by atoms with Crippen molar-refractivity contribution in [3.8, 4) is 5.75 Å². The second kappa shape index (κ2) is 4.97. The summed E-state index contributed by atoms with van der Waals surface area (Å²) in [6, 6.07) is 3.55. The highest BCUT2D eigenvalue weighted by molar-refractivity contribution is 5.35. The lowest BCUT2D eigenvalue weighted by Gasteiger charge is -2.15. The van der Waals surface area contributed by atoms with Gasteiger partial charge in [-0.25, -0.2) is 0 Å². The fourth-order valence-corrected chi connectivity index (χ4v) is 1.83. The fourth-order valence-electron chi connectivity index (χ4n) is 1.83. The van der Waals surface area contributed by atoms with Gasteiger partial charge in [0, 0.05) is 18.9 Å². The topological polar surface area (TPSA) is 66.0 Å². The van der Waals surface area contributed by atoms with Crippen LogP contribution in [0.4, 0.5) is 0 Å². The summed E-state index contributed by atoms with van der Waals surface area (Å²) in [6.07, 6.45) is 5.16. The first-order valence-corrected chi connectivity index (χ1v) is 5.53. The Balaban J connectivity index is 2.42. The minimum Gasteiger partial charge on any atom is -0.493 e. The zero-order valence-corrected chi connectivity index (χ0v) is 10.00. The molecule has 0 aliphatic carbocycles. The van der Waals surface area contributed by atoms with E-state index in [9.17, 15) is 0 Å². The highest BCUT2D eigenvalue weighted by atomic mass is 16.5. The van der Waals surface area contributed by atoms with Gasteiger partial charge in [-0.05, 0) is 24.6 Å². The standard InChI is InChI=1S/C12H16N4O/c1-3-16-12(10(17-2)8-15-16)11(13)9-4-6-14-7-5-9/h4-8,11H,3,13H2,1-2H3. The number of aromatic nitrogens is 3. The zero-order valence-electron chi connectivity index (χ0n) is 10.00. The van der Waals surface area contributed by atoms with Crippen LogP contribution < -0.4 is 10.5 Å². The van der Waals surface area contributed by atoms with Crippen molar-refractivity contribution >= 4 is 0 Å². The lowest BCUT2D eigenvalue weighted by atomic mass is 10.1. The Morgan fingerprint density at radius 1 is 1.41 bits per heavy atom. The lowest BCUT2D eigenvalue weighted by molar-refractivity contribution is 0.404. The van der Waals surface area contributed by atoms with Crippen molar-refractivity contribution in [2.24, 2.45) is 5.73 Å². The number of nitrogens with zero attached hydrogens (tertiary/aromatic N) is 3. The predicted octanol–water partition coefficient (Wildman–Crippen LogP) is 1.35. The quantitative estimate of drug-likeness (QED) is 0.864. The number of pyridine rings is 1. The van der Waals surface area contributed by atoms with Gasteiger partial charge in [0.05, 0.1) is 19.3 Å². The van der Waals surface area contributed by atoms with Crippen LogP contribution in [0.2, 0.25) is 0 Å². The second-order valence-electron chi connectivity index (χ2n) is 3.67. The highest BCUT2D eigenvalue weighted by Crippen LogP contribution is 2.27. The van der Waals surface area contributed by atoms with Gasteiger partial charge in [-0.1, -0.05) is 0 Å². The van der Waals surface area contributed by atoms with Gasteiger partial charge in [0.15, 0.2) is 5.75 Å². The van der Waals surface area contributed by atoms with Crippen LogP contribution in [0.1, 0.15) is 24.2 Å². The van der Waals surface area contributed by atoms with Crippen molar-refractivity contribution in [1.29, 1.82) is 0 Å². The number of rotatable bonds is 4. The van der Waals surface area contributed by atoms with E-state index in [1.807, 2.05) is 23.7 Å². The van der Waals surface area contributed by atoms with Gasteiger partial charge in [-0.3, -0.25) is 9.67 Å². The summed E-state index contributed by atoms with van der Waals surface area (Å²) in [5, 5.41) is 4.25. The Kier molecular flexibility index (Phi) is 3.39. The van der Waals surface area contributed by atoms with E-state index in [1.54, 1.807) is 25.7 Å². The van der Waals surface area contributed by atoms with E-state index in [4.69, 9.17) is 10.5 Å². The molecule has 0 radical (unpaired) electrons. The van der Waals surface area contributed by atoms with Crippen molar-refractivity contribution in [3.63, 3.8) is 0 Å². The molecule has 17 heavy (non-hydrogen) atoms. The smallest absolute Gasteiger partial charge is 0.161 e. The zero-order chi connectivity index (χ0) is 12.3. The molecule has 0 aliphatic rings. The van der Waals surface area contributed by atoms with E-state index in [0.717, 1.165) is 23.6 Å². The Bertz CT molecular complexity index is 459. The maximum Gasteiger partial charge on any atom is 0.161 e. The largest absolute Gasteiger partial charge is 0.493 e. The molecule has 2 aromatic heterocycles. The molecule has 0 saturated carbocycles. The monoisotopic (exact) mass is 232 g/mol. The molecule has 1 unspecified atom stereocenters. The van der Waals surface area contributed by atoms with Crippen LogP contribution in [-0.2, 0) is 6.54 Å². The Hall–Kier alpha value is -1.88.